The molecule has 0 aliphatic rings. The summed E-state index contributed by atoms with van der Waals surface area (Å²) in [5, 5.41) is 8.87. The zero-order valence-corrected chi connectivity index (χ0v) is 29.1. The highest BCUT2D eigenvalue weighted by Gasteiger charge is 2.18. The Kier molecular flexibility index (Phi) is 9.36. The number of para-hydroxylation sites is 3. The van der Waals surface area contributed by atoms with Crippen molar-refractivity contribution in [3.05, 3.63) is 94.2 Å². The number of rotatable bonds is 10. The fraction of sp³-hybridized carbons (Fsp3) is 0.371. The summed E-state index contributed by atoms with van der Waals surface area (Å²) in [5.41, 5.74) is 8.48. The second-order valence-electron chi connectivity index (χ2n) is 11.9. The van der Waals surface area contributed by atoms with Crippen molar-refractivity contribution in [3.8, 4) is 0 Å². The van der Waals surface area contributed by atoms with Gasteiger partial charge in [0.25, 0.3) is 11.8 Å². The molecule has 2 aromatic carbocycles. The van der Waals surface area contributed by atoms with Crippen molar-refractivity contribution in [2.75, 3.05) is 0 Å². The largest absolute Gasteiger partial charge is 0.313 e. The first-order chi connectivity index (χ1) is 23.2. The summed E-state index contributed by atoms with van der Waals surface area (Å²) in [6.45, 7) is 10.1. The zero-order valence-electron chi connectivity index (χ0n) is 28.3. The van der Waals surface area contributed by atoms with Gasteiger partial charge in [0, 0.05) is 46.2 Å². The highest BCUT2D eigenvalue weighted by molar-refractivity contribution is 6.17. The van der Waals surface area contributed by atoms with E-state index in [9.17, 15) is 9.59 Å². The molecule has 4 heterocycles. The monoisotopic (exact) mass is 668 g/mol. The maximum absolute atomic E-state index is 13.5. The van der Waals surface area contributed by atoms with E-state index >= 15 is 0 Å². The number of halogens is 1. The minimum atomic E-state index is -0.341. The lowest BCUT2D eigenvalue weighted by Crippen LogP contribution is -2.28. The Morgan fingerprint density at radius 2 is 1.21 bits per heavy atom. The van der Waals surface area contributed by atoms with Crippen molar-refractivity contribution >= 4 is 45.5 Å². The number of hydrogen-bond acceptors (Lipinski definition) is 4. The van der Waals surface area contributed by atoms with Crippen molar-refractivity contribution in [1.82, 2.24) is 37.8 Å². The van der Waals surface area contributed by atoms with Crippen LogP contribution in [0, 0.1) is 13.8 Å². The van der Waals surface area contributed by atoms with E-state index in [1.54, 1.807) is 21.5 Å². The van der Waals surface area contributed by atoms with Gasteiger partial charge in [0.2, 0.25) is 11.2 Å². The van der Waals surface area contributed by atoms with Crippen LogP contribution in [0.15, 0.2) is 64.6 Å². The summed E-state index contributed by atoms with van der Waals surface area (Å²) in [6.07, 6.45) is 1.55. The number of nitrogens with zero attached hydrogens (tertiary/aromatic N) is 10. The number of fused-ring (bicyclic) bond motifs is 2. The van der Waals surface area contributed by atoms with Gasteiger partial charge in [-0.15, -0.1) is 11.6 Å². The van der Waals surface area contributed by atoms with Crippen LogP contribution < -0.4 is 11.2 Å². The van der Waals surface area contributed by atoms with Gasteiger partial charge in [0.05, 0.1) is 33.5 Å². The minimum Gasteiger partial charge on any atom is -0.313 e. The highest BCUT2D eigenvalue weighted by Crippen LogP contribution is 2.21. The Balaban J connectivity index is 1.35. The van der Waals surface area contributed by atoms with Crippen molar-refractivity contribution in [3.63, 3.8) is 0 Å². The summed E-state index contributed by atoms with van der Waals surface area (Å²) in [6, 6.07) is 17.6. The van der Waals surface area contributed by atoms with Crippen molar-refractivity contribution in [2.24, 2.45) is 24.1 Å². The van der Waals surface area contributed by atoms with Gasteiger partial charge in [0.15, 0.2) is 0 Å². The molecule has 48 heavy (non-hydrogen) atoms. The van der Waals surface area contributed by atoms with E-state index in [2.05, 4.69) is 35.4 Å². The molecule has 250 valence electrons. The van der Waals surface area contributed by atoms with E-state index in [4.69, 9.17) is 11.6 Å². The lowest BCUT2D eigenvalue weighted by molar-refractivity contribution is 0.0977. The average molecular weight is 669 g/mol. The Labute approximate surface area is 283 Å². The molecule has 0 atom stereocenters. The molecule has 0 aliphatic carbocycles. The van der Waals surface area contributed by atoms with Crippen LogP contribution in [-0.2, 0) is 46.2 Å². The van der Waals surface area contributed by atoms with Gasteiger partial charge in [0.1, 0.15) is 11.4 Å². The van der Waals surface area contributed by atoms with E-state index < -0.39 is 0 Å². The van der Waals surface area contributed by atoms with Crippen LogP contribution in [0.1, 0.15) is 64.6 Å². The van der Waals surface area contributed by atoms with Crippen LogP contribution in [0.2, 0.25) is 0 Å². The molecule has 0 spiro atoms. The third kappa shape index (κ3) is 5.96. The lowest BCUT2D eigenvalue weighted by atomic mass is 10.2. The number of aromatic nitrogens is 8. The minimum absolute atomic E-state index is 0.326. The van der Waals surface area contributed by atoms with Crippen LogP contribution in [0.5, 0.6) is 0 Å². The second kappa shape index (κ2) is 13.6. The van der Waals surface area contributed by atoms with E-state index in [-0.39, 0.29) is 11.8 Å². The Morgan fingerprint density at radius 3 is 1.77 bits per heavy atom. The standard InChI is InChI=1S/C35H41ClN10O2/c1-7-45-29(20-23(3)39-45)32(47)37-34-41(5)26-15-9-10-16-27(26)43(34)18-11-12-19-44-31-25(22-36)14-13-17-28(31)42(6)35(44)38-33(48)30-21-24(4)40-46(30)8-2/h9-10,13-17,20-21H,7-8,11-12,18-19,22H2,1-6H3. The van der Waals surface area contributed by atoms with Crippen molar-refractivity contribution in [1.29, 1.82) is 0 Å². The number of benzene rings is 2. The molecule has 4 aromatic heterocycles. The topological polar surface area (TPSA) is 114 Å². The first-order valence-corrected chi connectivity index (χ1v) is 16.8. The normalized spacial score (nSPS) is 12.6. The van der Waals surface area contributed by atoms with Gasteiger partial charge >= 0.3 is 0 Å². The third-order valence-corrected chi connectivity index (χ3v) is 9.04. The van der Waals surface area contributed by atoms with Gasteiger partial charge in [-0.3, -0.25) is 19.0 Å². The van der Waals surface area contributed by atoms with Gasteiger partial charge in [-0.1, -0.05) is 24.3 Å². The van der Waals surface area contributed by atoms with Crippen LogP contribution >= 0.6 is 11.6 Å². The van der Waals surface area contributed by atoms with Gasteiger partial charge in [-0.05, 0) is 76.4 Å². The quantitative estimate of drug-likeness (QED) is 0.151. The maximum Gasteiger partial charge on any atom is 0.298 e. The number of alkyl halides is 1. The SMILES string of the molecule is CCn1nc(C)cc1C(=O)N=c1n(C)c2ccccc2n1CCCCn1c(=NC(=O)c2cc(C)nn2CC)n(C)c2cccc(CCl)c21. The smallest absolute Gasteiger partial charge is 0.298 e. The Bertz CT molecular complexity index is 2310. The molecule has 13 heteroatoms. The summed E-state index contributed by atoms with van der Waals surface area (Å²) in [5.74, 6) is -0.337. The van der Waals surface area contributed by atoms with Crippen molar-refractivity contribution < 1.29 is 9.59 Å². The molecule has 0 saturated heterocycles. The summed E-state index contributed by atoms with van der Waals surface area (Å²) < 4.78 is 11.5. The number of carbonyl (C=O) groups is 2. The van der Waals surface area contributed by atoms with Crippen LogP contribution in [0.3, 0.4) is 0 Å². The predicted octanol–water partition coefficient (Wildman–Crippen LogP) is 5.02. The fourth-order valence-corrected chi connectivity index (χ4v) is 6.70. The third-order valence-electron chi connectivity index (χ3n) is 8.75. The first-order valence-electron chi connectivity index (χ1n) is 16.3. The first kappa shape index (κ1) is 33.0. The molecular weight excluding hydrogens is 628 g/mol. The maximum atomic E-state index is 13.5. The molecule has 0 fully saturated rings. The fourth-order valence-electron chi connectivity index (χ4n) is 6.49. The summed E-state index contributed by atoms with van der Waals surface area (Å²) >= 11 is 6.43. The van der Waals surface area contributed by atoms with Crippen LogP contribution in [-0.4, -0.2) is 49.6 Å². The molecule has 2 amide bonds. The predicted molar refractivity (Wildman–Crippen MR) is 186 cm³/mol. The number of hydrogen-bond donors (Lipinski definition) is 0. The van der Waals surface area contributed by atoms with E-state index in [1.165, 1.54) is 0 Å². The van der Waals surface area contributed by atoms with Gasteiger partial charge < -0.3 is 18.3 Å². The summed E-state index contributed by atoms with van der Waals surface area (Å²) in [7, 11) is 3.86. The number of amides is 2. The molecular formula is C35H41ClN10O2. The number of carbonyl (C=O) groups excluding carboxylic acids is 2. The van der Waals surface area contributed by atoms with Crippen LogP contribution in [0.4, 0.5) is 0 Å². The summed E-state index contributed by atoms with van der Waals surface area (Å²) in [4.78, 5) is 36.2. The Morgan fingerprint density at radius 1 is 0.708 bits per heavy atom. The lowest BCUT2D eigenvalue weighted by Gasteiger charge is -2.09. The molecule has 0 aliphatic heterocycles. The molecule has 0 bridgehead atoms. The number of unbranched alkanes of at least 4 members (excludes halogenated alkanes) is 1. The average Bonchev–Trinajstić information content (AvgIpc) is 3.81. The van der Waals surface area contributed by atoms with Gasteiger partial charge in [-0.2, -0.15) is 20.2 Å². The number of aryl methyl sites for hydroxylation is 8. The molecule has 0 radical (unpaired) electrons. The molecule has 0 unspecified atom stereocenters. The highest BCUT2D eigenvalue weighted by atomic mass is 35.5. The van der Waals surface area contributed by atoms with E-state index in [0.717, 1.165) is 51.9 Å². The molecule has 0 saturated carbocycles. The molecule has 6 aromatic rings. The Hall–Kier alpha value is -4.97. The van der Waals surface area contributed by atoms with Crippen LogP contribution in [0.25, 0.3) is 22.1 Å². The molecule has 6 rings (SSSR count). The number of imidazole rings is 2. The van der Waals surface area contributed by atoms with E-state index in [0.29, 0.717) is 54.7 Å². The second-order valence-corrected chi connectivity index (χ2v) is 12.2. The zero-order chi connectivity index (χ0) is 34.1. The van der Waals surface area contributed by atoms with E-state index in [1.807, 2.05) is 87.3 Å². The van der Waals surface area contributed by atoms with Gasteiger partial charge in [-0.25, -0.2) is 0 Å². The molecule has 0 N–H and O–H groups in total. The van der Waals surface area contributed by atoms with Crippen molar-refractivity contribution in [2.45, 2.75) is 72.6 Å². The molecule has 12 nitrogen and oxygen atoms in total.